The fourth-order valence-electron chi connectivity index (χ4n) is 0.609. The van der Waals surface area contributed by atoms with Crippen molar-refractivity contribution < 1.29 is 0 Å². The van der Waals surface area contributed by atoms with Gasteiger partial charge < -0.3 is 0 Å². The first kappa shape index (κ1) is 8.22. The van der Waals surface area contributed by atoms with Gasteiger partial charge in [0, 0.05) is 4.83 Å². The topological polar surface area (TPSA) is 0 Å². The average Bonchev–Trinajstić information content (AvgIpc) is 1.65. The SMILES string of the molecule is C=CC(C)CC(C)Br. The van der Waals surface area contributed by atoms with Crippen LogP contribution in [0.3, 0.4) is 0 Å². The third kappa shape index (κ3) is 4.38. The van der Waals surface area contributed by atoms with Gasteiger partial charge in [0.05, 0.1) is 0 Å². The number of allylic oxidation sites excluding steroid dienone is 1. The van der Waals surface area contributed by atoms with E-state index in [1.54, 1.807) is 0 Å². The molecular formula is C7H13Br. The Morgan fingerprint density at radius 3 is 2.25 bits per heavy atom. The maximum Gasteiger partial charge on any atom is 0.0123 e. The molecule has 0 heterocycles. The molecule has 0 aliphatic rings. The van der Waals surface area contributed by atoms with Crippen LogP contribution in [0.1, 0.15) is 20.3 Å². The molecule has 0 aromatic heterocycles. The molecular weight excluding hydrogens is 164 g/mol. The summed E-state index contributed by atoms with van der Waals surface area (Å²) < 4.78 is 0. The minimum atomic E-state index is 0.621. The highest BCUT2D eigenvalue weighted by Gasteiger charge is 1.99. The lowest BCUT2D eigenvalue weighted by molar-refractivity contribution is 0.651. The van der Waals surface area contributed by atoms with E-state index in [1.165, 1.54) is 6.42 Å². The molecule has 0 saturated carbocycles. The largest absolute Gasteiger partial charge is 0.103 e. The lowest BCUT2D eigenvalue weighted by atomic mass is 10.1. The van der Waals surface area contributed by atoms with Crippen LogP contribution in [0.25, 0.3) is 0 Å². The predicted octanol–water partition coefficient (Wildman–Crippen LogP) is 2.98. The van der Waals surface area contributed by atoms with Gasteiger partial charge in [0.2, 0.25) is 0 Å². The molecule has 1 heteroatoms. The molecule has 0 aromatic rings. The summed E-state index contributed by atoms with van der Waals surface area (Å²) in [4.78, 5) is 0.621. The van der Waals surface area contributed by atoms with Crippen LogP contribution in [0, 0.1) is 5.92 Å². The molecule has 8 heavy (non-hydrogen) atoms. The van der Waals surface area contributed by atoms with Gasteiger partial charge in [0.25, 0.3) is 0 Å². The molecule has 0 nitrogen and oxygen atoms in total. The summed E-state index contributed by atoms with van der Waals surface area (Å²) in [6.07, 6.45) is 3.17. The first-order chi connectivity index (χ1) is 3.66. The van der Waals surface area contributed by atoms with Gasteiger partial charge in [-0.1, -0.05) is 35.9 Å². The zero-order valence-electron chi connectivity index (χ0n) is 5.52. The Balaban J connectivity index is 3.23. The summed E-state index contributed by atoms with van der Waals surface area (Å²) in [5.41, 5.74) is 0. The predicted molar refractivity (Wildman–Crippen MR) is 42.4 cm³/mol. The van der Waals surface area contributed by atoms with Gasteiger partial charge in [-0.05, 0) is 12.3 Å². The van der Waals surface area contributed by atoms with E-state index in [1.807, 2.05) is 6.08 Å². The smallest absolute Gasteiger partial charge is 0.0123 e. The molecule has 2 unspecified atom stereocenters. The van der Waals surface area contributed by atoms with Crippen LogP contribution in [0.2, 0.25) is 0 Å². The molecule has 0 saturated heterocycles. The van der Waals surface area contributed by atoms with Crippen molar-refractivity contribution in [2.45, 2.75) is 25.1 Å². The van der Waals surface area contributed by atoms with E-state index in [2.05, 4.69) is 36.4 Å². The number of hydrogen-bond acceptors (Lipinski definition) is 0. The summed E-state index contributed by atoms with van der Waals surface area (Å²) in [5.74, 6) is 0.643. The Kier molecular flexibility index (Phi) is 4.25. The number of halogens is 1. The van der Waals surface area contributed by atoms with Gasteiger partial charge >= 0.3 is 0 Å². The second-order valence-corrected chi connectivity index (χ2v) is 3.79. The highest BCUT2D eigenvalue weighted by atomic mass is 79.9. The van der Waals surface area contributed by atoms with Crippen molar-refractivity contribution in [3.8, 4) is 0 Å². The summed E-state index contributed by atoms with van der Waals surface area (Å²) in [5, 5.41) is 0. The summed E-state index contributed by atoms with van der Waals surface area (Å²) in [6.45, 7) is 8.02. The van der Waals surface area contributed by atoms with Crippen molar-refractivity contribution in [3.05, 3.63) is 12.7 Å². The lowest BCUT2D eigenvalue weighted by Crippen LogP contribution is -1.97. The minimum absolute atomic E-state index is 0.621. The molecule has 0 aliphatic carbocycles. The van der Waals surface area contributed by atoms with E-state index in [4.69, 9.17) is 0 Å². The Morgan fingerprint density at radius 2 is 2.12 bits per heavy atom. The summed E-state index contributed by atoms with van der Waals surface area (Å²) >= 11 is 3.47. The van der Waals surface area contributed by atoms with Gasteiger partial charge in [0.15, 0.2) is 0 Å². The average molecular weight is 177 g/mol. The zero-order chi connectivity index (χ0) is 6.57. The first-order valence-corrected chi connectivity index (χ1v) is 3.85. The molecule has 0 amide bonds. The molecule has 48 valence electrons. The van der Waals surface area contributed by atoms with Gasteiger partial charge in [-0.3, -0.25) is 0 Å². The van der Waals surface area contributed by atoms with E-state index in [9.17, 15) is 0 Å². The molecule has 0 radical (unpaired) electrons. The van der Waals surface area contributed by atoms with Gasteiger partial charge in [-0.15, -0.1) is 6.58 Å². The maximum absolute atomic E-state index is 3.69. The Hall–Kier alpha value is 0.220. The normalized spacial score (nSPS) is 17.4. The monoisotopic (exact) mass is 176 g/mol. The zero-order valence-corrected chi connectivity index (χ0v) is 7.11. The lowest BCUT2D eigenvalue weighted by Gasteiger charge is -2.05. The fraction of sp³-hybridized carbons (Fsp3) is 0.714. The van der Waals surface area contributed by atoms with Gasteiger partial charge in [-0.2, -0.15) is 0 Å². The third-order valence-electron chi connectivity index (χ3n) is 1.10. The maximum atomic E-state index is 3.69. The highest BCUT2D eigenvalue weighted by Crippen LogP contribution is 2.12. The molecule has 0 spiro atoms. The number of alkyl halides is 1. The third-order valence-corrected chi connectivity index (χ3v) is 1.47. The quantitative estimate of drug-likeness (QED) is 0.459. The van der Waals surface area contributed by atoms with Crippen molar-refractivity contribution in [1.82, 2.24) is 0 Å². The van der Waals surface area contributed by atoms with E-state index in [0.29, 0.717) is 10.7 Å². The summed E-state index contributed by atoms with van der Waals surface area (Å²) in [6, 6.07) is 0. The van der Waals surface area contributed by atoms with Crippen LogP contribution >= 0.6 is 15.9 Å². The van der Waals surface area contributed by atoms with Crippen LogP contribution < -0.4 is 0 Å². The Bertz CT molecular complexity index is 66.8. The molecule has 0 bridgehead atoms. The molecule has 0 fully saturated rings. The van der Waals surface area contributed by atoms with Crippen molar-refractivity contribution >= 4 is 15.9 Å². The van der Waals surface area contributed by atoms with Crippen LogP contribution in [-0.2, 0) is 0 Å². The Labute approximate surface area is 60.1 Å². The van der Waals surface area contributed by atoms with E-state index < -0.39 is 0 Å². The standard InChI is InChI=1S/C7H13Br/c1-4-6(2)5-7(3)8/h4,6-7H,1,5H2,2-3H3. The summed E-state index contributed by atoms with van der Waals surface area (Å²) in [7, 11) is 0. The molecule has 2 atom stereocenters. The van der Waals surface area contributed by atoms with Gasteiger partial charge in [0.1, 0.15) is 0 Å². The number of hydrogen-bond donors (Lipinski definition) is 0. The van der Waals surface area contributed by atoms with Crippen molar-refractivity contribution in [1.29, 1.82) is 0 Å². The molecule has 0 aliphatic heterocycles. The van der Waals surface area contributed by atoms with E-state index >= 15 is 0 Å². The Morgan fingerprint density at radius 1 is 1.62 bits per heavy atom. The van der Waals surface area contributed by atoms with Crippen molar-refractivity contribution in [2.24, 2.45) is 5.92 Å². The highest BCUT2D eigenvalue weighted by molar-refractivity contribution is 9.09. The first-order valence-electron chi connectivity index (χ1n) is 2.93. The second kappa shape index (κ2) is 4.13. The van der Waals surface area contributed by atoms with Crippen molar-refractivity contribution in [2.75, 3.05) is 0 Å². The van der Waals surface area contributed by atoms with Crippen LogP contribution in [0.15, 0.2) is 12.7 Å². The van der Waals surface area contributed by atoms with Crippen LogP contribution in [-0.4, -0.2) is 4.83 Å². The van der Waals surface area contributed by atoms with E-state index in [-0.39, 0.29) is 0 Å². The molecule has 0 N–H and O–H groups in total. The number of rotatable bonds is 3. The van der Waals surface area contributed by atoms with Gasteiger partial charge in [-0.25, -0.2) is 0 Å². The molecule has 0 aromatic carbocycles. The van der Waals surface area contributed by atoms with Crippen molar-refractivity contribution in [3.63, 3.8) is 0 Å². The second-order valence-electron chi connectivity index (χ2n) is 2.23. The fourth-order valence-corrected chi connectivity index (χ4v) is 1.20. The van der Waals surface area contributed by atoms with E-state index in [0.717, 1.165) is 0 Å². The molecule has 0 rings (SSSR count). The van der Waals surface area contributed by atoms with Crippen LogP contribution in [0.4, 0.5) is 0 Å². The van der Waals surface area contributed by atoms with Crippen LogP contribution in [0.5, 0.6) is 0 Å². The minimum Gasteiger partial charge on any atom is -0.103 e.